The minimum absolute atomic E-state index is 0.0518. The smallest absolute Gasteiger partial charge is 0.253 e. The lowest BCUT2D eigenvalue weighted by Gasteiger charge is -2.32. The van der Waals surface area contributed by atoms with Gasteiger partial charge in [-0.2, -0.15) is 5.10 Å². The molecule has 2 aromatic carbocycles. The highest BCUT2D eigenvalue weighted by Crippen LogP contribution is 2.35. The van der Waals surface area contributed by atoms with E-state index < -0.39 is 0 Å². The quantitative estimate of drug-likeness (QED) is 0.388. The second-order valence-corrected chi connectivity index (χ2v) is 8.90. The fourth-order valence-corrected chi connectivity index (χ4v) is 4.27. The van der Waals surface area contributed by atoms with Crippen molar-refractivity contribution in [3.8, 4) is 28.5 Å². The molecule has 1 fully saturated rings. The molecule has 1 amide bonds. The number of nitrogens with zero attached hydrogens (tertiary/aromatic N) is 4. The van der Waals surface area contributed by atoms with Crippen LogP contribution in [0, 0.1) is 0 Å². The minimum Gasteiger partial charge on any atom is -0.490 e. The average Bonchev–Trinajstić information content (AvgIpc) is 3.51. The Hall–Kier alpha value is -3.40. The van der Waals surface area contributed by atoms with Gasteiger partial charge >= 0.3 is 0 Å². The number of methoxy groups -OCH3 is 1. The molecule has 1 saturated heterocycles. The minimum atomic E-state index is 0.0518. The van der Waals surface area contributed by atoms with Crippen molar-refractivity contribution < 1.29 is 18.8 Å². The van der Waals surface area contributed by atoms with Gasteiger partial charge in [0.15, 0.2) is 5.76 Å². The molecule has 1 aliphatic heterocycles. The normalized spacial score (nSPS) is 14.5. The molecule has 2 aromatic heterocycles. The summed E-state index contributed by atoms with van der Waals surface area (Å²) in [5.74, 6) is 1.11. The number of aromatic nitrogens is 3. The van der Waals surface area contributed by atoms with Gasteiger partial charge in [-0.15, -0.1) is 0 Å². The van der Waals surface area contributed by atoms with Crippen LogP contribution in [-0.2, 0) is 4.74 Å². The van der Waals surface area contributed by atoms with Gasteiger partial charge in [0.2, 0.25) is 0 Å². The van der Waals surface area contributed by atoms with E-state index in [1.165, 1.54) is 0 Å². The third kappa shape index (κ3) is 4.88. The first-order valence-corrected chi connectivity index (χ1v) is 11.8. The van der Waals surface area contributed by atoms with E-state index in [4.69, 9.17) is 25.6 Å². The van der Waals surface area contributed by atoms with E-state index in [9.17, 15) is 4.79 Å². The summed E-state index contributed by atoms with van der Waals surface area (Å²) in [7, 11) is 3.68. The summed E-state index contributed by atoms with van der Waals surface area (Å²) >= 11 is 6.42. The van der Waals surface area contributed by atoms with E-state index in [1.807, 2.05) is 35.2 Å². The third-order valence-electron chi connectivity index (χ3n) is 6.12. The highest BCUT2D eigenvalue weighted by molar-refractivity contribution is 6.33. The first-order valence-electron chi connectivity index (χ1n) is 11.4. The molecule has 1 N–H and O–H groups in total. The van der Waals surface area contributed by atoms with Gasteiger partial charge in [0.25, 0.3) is 5.91 Å². The number of hydrogen-bond acceptors (Lipinski definition) is 7. The predicted molar refractivity (Wildman–Crippen MR) is 133 cm³/mol. The number of hydrogen-bond donors (Lipinski definition) is 1. The van der Waals surface area contributed by atoms with Crippen molar-refractivity contribution in [1.29, 1.82) is 0 Å². The molecular weight excluding hydrogens is 470 g/mol. The van der Waals surface area contributed by atoms with Crippen molar-refractivity contribution in [3.63, 3.8) is 0 Å². The molecule has 0 bridgehead atoms. The molecule has 0 spiro atoms. The van der Waals surface area contributed by atoms with Crippen molar-refractivity contribution in [3.05, 3.63) is 53.1 Å². The number of ether oxygens (including phenoxy) is 2. The number of carbonyl (C=O) groups excluding carboxylic acids is 1. The largest absolute Gasteiger partial charge is 0.490 e. The summed E-state index contributed by atoms with van der Waals surface area (Å²) in [6.07, 6.45) is 0. The summed E-state index contributed by atoms with van der Waals surface area (Å²) in [4.78, 5) is 16.9. The maximum Gasteiger partial charge on any atom is 0.253 e. The van der Waals surface area contributed by atoms with E-state index in [-0.39, 0.29) is 5.91 Å². The lowest BCUT2D eigenvalue weighted by molar-refractivity contribution is 0.0664. The van der Waals surface area contributed by atoms with Gasteiger partial charge in [0, 0.05) is 61.9 Å². The number of amides is 1. The molecule has 0 saturated carbocycles. The van der Waals surface area contributed by atoms with Gasteiger partial charge in [-0.1, -0.05) is 28.9 Å². The van der Waals surface area contributed by atoms with E-state index in [0.29, 0.717) is 46.7 Å². The number of piperazine rings is 1. The Bertz CT molecular complexity index is 1330. The molecule has 35 heavy (non-hydrogen) atoms. The molecule has 4 aromatic rings. The molecule has 5 rings (SSSR count). The molecular formula is C25H26ClN5O4. The number of rotatable bonds is 7. The van der Waals surface area contributed by atoms with E-state index in [2.05, 4.69) is 27.3 Å². The Morgan fingerprint density at radius 1 is 1.11 bits per heavy atom. The van der Waals surface area contributed by atoms with Crippen LogP contribution < -0.4 is 4.74 Å². The highest BCUT2D eigenvalue weighted by atomic mass is 35.5. The second kappa shape index (κ2) is 10.1. The monoisotopic (exact) mass is 495 g/mol. The van der Waals surface area contributed by atoms with E-state index in [1.54, 1.807) is 19.2 Å². The number of benzene rings is 2. The van der Waals surface area contributed by atoms with Crippen molar-refractivity contribution in [1.82, 2.24) is 25.2 Å². The van der Waals surface area contributed by atoms with Crippen molar-refractivity contribution in [2.24, 2.45) is 0 Å². The van der Waals surface area contributed by atoms with Crippen molar-refractivity contribution >= 4 is 28.4 Å². The summed E-state index contributed by atoms with van der Waals surface area (Å²) in [5.41, 5.74) is 3.54. The number of aromatic amines is 1. The molecule has 3 heterocycles. The summed E-state index contributed by atoms with van der Waals surface area (Å²) < 4.78 is 16.3. The van der Waals surface area contributed by atoms with Crippen molar-refractivity contribution in [2.75, 3.05) is 53.6 Å². The van der Waals surface area contributed by atoms with Crippen LogP contribution in [0.15, 0.2) is 47.0 Å². The first-order chi connectivity index (χ1) is 17.0. The van der Waals surface area contributed by atoms with Crippen LogP contribution >= 0.6 is 11.6 Å². The van der Waals surface area contributed by atoms with Gasteiger partial charge in [-0.3, -0.25) is 9.89 Å². The maximum absolute atomic E-state index is 12.8. The zero-order valence-corrected chi connectivity index (χ0v) is 20.3. The van der Waals surface area contributed by atoms with Gasteiger partial charge in [-0.05, 0) is 25.2 Å². The number of fused-ring (bicyclic) bond motifs is 1. The predicted octanol–water partition coefficient (Wildman–Crippen LogP) is 3.95. The molecule has 0 unspecified atom stereocenters. The molecule has 0 radical (unpaired) electrons. The van der Waals surface area contributed by atoms with E-state index in [0.717, 1.165) is 42.6 Å². The number of H-pyrrole nitrogens is 1. The molecule has 182 valence electrons. The molecule has 9 nitrogen and oxygen atoms in total. The van der Waals surface area contributed by atoms with Crippen LogP contribution in [0.5, 0.6) is 5.75 Å². The Kier molecular flexibility index (Phi) is 6.72. The number of nitrogens with one attached hydrogen (secondary N) is 1. The van der Waals surface area contributed by atoms with Crippen molar-refractivity contribution in [2.45, 2.75) is 0 Å². The fraction of sp³-hybridized carbons (Fsp3) is 0.320. The van der Waals surface area contributed by atoms with Crippen LogP contribution in [0.2, 0.25) is 5.02 Å². The summed E-state index contributed by atoms with van der Waals surface area (Å²) in [6, 6.07) is 12.8. The van der Waals surface area contributed by atoms with Crippen LogP contribution in [0.25, 0.3) is 33.6 Å². The van der Waals surface area contributed by atoms with Crippen LogP contribution in [-0.4, -0.2) is 84.6 Å². The van der Waals surface area contributed by atoms with Gasteiger partial charge in [0.05, 0.1) is 17.1 Å². The average molecular weight is 496 g/mol. The van der Waals surface area contributed by atoms with E-state index >= 15 is 0 Å². The van der Waals surface area contributed by atoms with Gasteiger partial charge in [-0.25, -0.2) is 0 Å². The van der Waals surface area contributed by atoms with Gasteiger partial charge in [0.1, 0.15) is 23.7 Å². The topological polar surface area (TPSA) is 96.7 Å². The molecule has 0 atom stereocenters. The second-order valence-electron chi connectivity index (χ2n) is 8.49. The third-order valence-corrected chi connectivity index (χ3v) is 6.42. The molecule has 10 heteroatoms. The summed E-state index contributed by atoms with van der Waals surface area (Å²) in [6.45, 7) is 4.13. The Morgan fingerprint density at radius 3 is 2.63 bits per heavy atom. The Labute approximate surface area is 207 Å². The lowest BCUT2D eigenvalue weighted by Crippen LogP contribution is -2.47. The first kappa shape index (κ1) is 23.3. The highest BCUT2D eigenvalue weighted by Gasteiger charge is 2.21. The molecule has 1 aliphatic rings. The maximum atomic E-state index is 12.8. The molecule has 0 aliphatic carbocycles. The van der Waals surface area contributed by atoms with Crippen LogP contribution in [0.1, 0.15) is 10.4 Å². The number of halogens is 1. The zero-order chi connectivity index (χ0) is 24.4. The number of carbonyl (C=O) groups is 1. The fourth-order valence-electron chi connectivity index (χ4n) is 4.05. The standard InChI is InChI=1S/C25H26ClN5O4/c1-30-7-9-31(10-8-30)25(32)17-5-3-16(4-6-17)20-14-23(35-29-20)24-18-13-19(26)22(34-12-11-33-2)15-21(18)27-28-24/h3-6,13-15H,7-12H2,1-2H3,(H,27,28). The Morgan fingerprint density at radius 2 is 1.89 bits per heavy atom. The lowest BCUT2D eigenvalue weighted by atomic mass is 10.1. The van der Waals surface area contributed by atoms with Crippen LogP contribution in [0.4, 0.5) is 0 Å². The number of likely N-dealkylation sites (N-methyl/N-ethyl adjacent to an activating group) is 1. The zero-order valence-electron chi connectivity index (χ0n) is 19.6. The van der Waals surface area contributed by atoms with Crippen LogP contribution in [0.3, 0.4) is 0 Å². The SMILES string of the molecule is COCCOc1cc2[nH]nc(-c3cc(-c4ccc(C(=O)N5CCN(C)CC5)cc4)no3)c2cc1Cl. The van der Waals surface area contributed by atoms with Gasteiger partial charge < -0.3 is 23.8 Å². The Balaban J connectivity index is 1.33. The summed E-state index contributed by atoms with van der Waals surface area (Å²) in [5, 5.41) is 12.9.